The zero-order chi connectivity index (χ0) is 28.1. The smallest absolute Gasteiger partial charge is 0.414 e. The van der Waals surface area contributed by atoms with Gasteiger partial charge in [0.25, 0.3) is 0 Å². The quantitative estimate of drug-likeness (QED) is 0.256. The minimum Gasteiger partial charge on any atom is -0.416 e. The molecule has 13 heteroatoms. The molecule has 5 aliphatic heterocycles. The number of aliphatic hydroxyl groups is 4. The summed E-state index contributed by atoms with van der Waals surface area (Å²) >= 11 is 0. The SMILES string of the molecule is CCCN(CO[C@H]1O[C@@H]2OC3(C)CC[C@H]4[C@H](C)CC[C@@H]([C@H]1C)[C@@]24OO3)C(=O)O[C@@H]1O[C@H](CO)[C@@H](O)[C@H](O)[C@H]1O. The van der Waals surface area contributed by atoms with Crippen molar-refractivity contribution in [2.45, 2.75) is 114 Å². The Balaban J connectivity index is 1.27. The summed E-state index contributed by atoms with van der Waals surface area (Å²) in [4.78, 5) is 26.3. The Hall–Kier alpha value is -1.13. The van der Waals surface area contributed by atoms with Gasteiger partial charge in [0.15, 0.2) is 18.2 Å². The van der Waals surface area contributed by atoms with Crippen LogP contribution in [-0.2, 0) is 33.5 Å². The van der Waals surface area contributed by atoms with Crippen molar-refractivity contribution in [2.75, 3.05) is 19.9 Å². The fraction of sp³-hybridized carbons (Fsp3) is 0.962. The van der Waals surface area contributed by atoms with Gasteiger partial charge in [-0.3, -0.25) is 4.90 Å². The predicted molar refractivity (Wildman–Crippen MR) is 130 cm³/mol. The third-order valence-corrected chi connectivity index (χ3v) is 9.31. The molecular formula is C26H43NO12. The van der Waals surface area contributed by atoms with E-state index in [1.807, 2.05) is 20.8 Å². The van der Waals surface area contributed by atoms with Gasteiger partial charge in [0, 0.05) is 24.8 Å². The highest BCUT2D eigenvalue weighted by molar-refractivity contribution is 5.67. The van der Waals surface area contributed by atoms with Gasteiger partial charge >= 0.3 is 6.09 Å². The molecule has 6 rings (SSSR count). The van der Waals surface area contributed by atoms with E-state index in [1.165, 1.54) is 4.90 Å². The van der Waals surface area contributed by atoms with Crippen molar-refractivity contribution >= 4 is 6.09 Å². The van der Waals surface area contributed by atoms with Crippen molar-refractivity contribution in [3.63, 3.8) is 0 Å². The lowest BCUT2D eigenvalue weighted by Crippen LogP contribution is -2.70. The van der Waals surface area contributed by atoms with Crippen LogP contribution in [0.4, 0.5) is 4.79 Å². The van der Waals surface area contributed by atoms with E-state index in [9.17, 15) is 25.2 Å². The van der Waals surface area contributed by atoms with Gasteiger partial charge in [0.05, 0.1) is 6.61 Å². The summed E-state index contributed by atoms with van der Waals surface area (Å²) in [6.07, 6.45) is -5.72. The second-order valence-electron chi connectivity index (χ2n) is 11.9. The normalized spacial score (nSPS) is 49.2. The summed E-state index contributed by atoms with van der Waals surface area (Å²) in [5.41, 5.74) is -0.724. The molecule has 0 aromatic carbocycles. The fourth-order valence-corrected chi connectivity index (χ4v) is 7.04. The highest BCUT2D eigenvalue weighted by Crippen LogP contribution is 2.60. The summed E-state index contributed by atoms with van der Waals surface area (Å²) in [6.45, 7) is 7.51. The fourth-order valence-electron chi connectivity index (χ4n) is 7.04. The molecule has 4 N–H and O–H groups in total. The zero-order valence-electron chi connectivity index (χ0n) is 23.0. The molecule has 2 bridgehead atoms. The molecule has 1 aliphatic carbocycles. The van der Waals surface area contributed by atoms with Crippen LogP contribution in [0.2, 0.25) is 0 Å². The zero-order valence-corrected chi connectivity index (χ0v) is 23.0. The van der Waals surface area contributed by atoms with Gasteiger partial charge in [-0.2, -0.15) is 0 Å². The Morgan fingerprint density at radius 3 is 2.49 bits per heavy atom. The largest absolute Gasteiger partial charge is 0.416 e. The third-order valence-electron chi connectivity index (χ3n) is 9.31. The second-order valence-corrected chi connectivity index (χ2v) is 11.9. The Kier molecular flexibility index (Phi) is 8.49. The van der Waals surface area contributed by atoms with Crippen molar-refractivity contribution < 1.29 is 58.7 Å². The average Bonchev–Trinajstić information content (AvgIpc) is 3.15. The lowest BCUT2D eigenvalue weighted by atomic mass is 9.58. The van der Waals surface area contributed by atoms with Crippen LogP contribution in [-0.4, -0.2) is 106 Å². The Morgan fingerprint density at radius 1 is 1.00 bits per heavy atom. The number of aliphatic hydroxyl groups excluding tert-OH is 4. The van der Waals surface area contributed by atoms with E-state index in [0.717, 1.165) is 19.3 Å². The molecule has 0 aromatic heterocycles. The summed E-state index contributed by atoms with van der Waals surface area (Å²) in [5, 5.41) is 39.7. The first-order valence-corrected chi connectivity index (χ1v) is 14.1. The van der Waals surface area contributed by atoms with Crippen LogP contribution in [0.1, 0.15) is 59.8 Å². The van der Waals surface area contributed by atoms with Crippen LogP contribution in [0.15, 0.2) is 0 Å². The molecule has 1 saturated carbocycles. The van der Waals surface area contributed by atoms with Crippen molar-refractivity contribution in [3.05, 3.63) is 0 Å². The number of fused-ring (bicyclic) bond motifs is 2. The lowest BCUT2D eigenvalue weighted by Gasteiger charge is -2.60. The summed E-state index contributed by atoms with van der Waals surface area (Å²) < 4.78 is 29.6. The molecule has 5 saturated heterocycles. The first-order valence-electron chi connectivity index (χ1n) is 14.1. The van der Waals surface area contributed by atoms with Gasteiger partial charge < -0.3 is 44.1 Å². The maximum absolute atomic E-state index is 13.0. The second kappa shape index (κ2) is 11.3. The van der Waals surface area contributed by atoms with Crippen LogP contribution in [0.5, 0.6) is 0 Å². The maximum atomic E-state index is 13.0. The minimum absolute atomic E-state index is 0.0609. The maximum Gasteiger partial charge on any atom is 0.414 e. The molecule has 224 valence electrons. The summed E-state index contributed by atoms with van der Waals surface area (Å²) in [6, 6.07) is 0. The van der Waals surface area contributed by atoms with Crippen molar-refractivity contribution in [2.24, 2.45) is 23.7 Å². The summed E-state index contributed by atoms with van der Waals surface area (Å²) in [7, 11) is 0. The molecule has 6 aliphatic rings. The van der Waals surface area contributed by atoms with E-state index in [4.69, 9.17) is 33.5 Å². The number of carbonyl (C=O) groups is 1. The number of nitrogens with zero attached hydrogens (tertiary/aromatic N) is 1. The number of hydrogen-bond acceptors (Lipinski definition) is 12. The Bertz CT molecular complexity index is 878. The Morgan fingerprint density at radius 2 is 1.77 bits per heavy atom. The highest BCUT2D eigenvalue weighted by Gasteiger charge is 2.69. The van der Waals surface area contributed by atoms with Crippen molar-refractivity contribution in [1.82, 2.24) is 4.90 Å². The van der Waals surface area contributed by atoms with Gasteiger partial charge in [-0.15, -0.1) is 0 Å². The number of amides is 1. The lowest BCUT2D eigenvalue weighted by molar-refractivity contribution is -0.577. The minimum atomic E-state index is -1.69. The molecule has 13 atom stereocenters. The van der Waals surface area contributed by atoms with E-state index in [2.05, 4.69) is 6.92 Å². The monoisotopic (exact) mass is 561 g/mol. The third kappa shape index (κ3) is 5.09. The van der Waals surface area contributed by atoms with Crippen molar-refractivity contribution in [1.29, 1.82) is 0 Å². The first kappa shape index (κ1) is 29.4. The molecule has 6 fully saturated rings. The predicted octanol–water partition coefficient (Wildman–Crippen LogP) is 0.817. The number of hydrogen-bond donors (Lipinski definition) is 4. The van der Waals surface area contributed by atoms with Crippen LogP contribution in [0, 0.1) is 23.7 Å². The molecule has 1 unspecified atom stereocenters. The van der Waals surface area contributed by atoms with E-state index in [1.54, 1.807) is 0 Å². The standard InChI is InChI=1S/C26H43NO12/c1-5-10-27(24(32)36-22-20(31)19(30)18(29)17(11-28)34-22)12-33-21-14(3)16-7-6-13(2)15-8-9-25(4)37-23(35-21)26(15,16)39-38-25/h13-23,28-31H,5-12H2,1-4H3/t13-,14-,15+,16+,17-,18-,19+,20-,21+,22+,23-,25?,26-/m1/s1. The summed E-state index contributed by atoms with van der Waals surface area (Å²) in [5.74, 6) is -0.283. The molecular weight excluding hydrogens is 518 g/mol. The van der Waals surface area contributed by atoms with Crippen LogP contribution in [0.25, 0.3) is 0 Å². The highest BCUT2D eigenvalue weighted by atomic mass is 17.3. The number of rotatable bonds is 7. The molecule has 13 nitrogen and oxygen atoms in total. The van der Waals surface area contributed by atoms with Gasteiger partial charge in [0.1, 0.15) is 31.1 Å². The molecule has 0 aromatic rings. The van der Waals surface area contributed by atoms with Crippen LogP contribution < -0.4 is 0 Å². The van der Waals surface area contributed by atoms with Crippen LogP contribution >= 0.6 is 0 Å². The Labute approximate surface area is 228 Å². The molecule has 5 heterocycles. The van der Waals surface area contributed by atoms with Gasteiger partial charge in [-0.1, -0.05) is 20.8 Å². The number of ether oxygens (including phenoxy) is 5. The van der Waals surface area contributed by atoms with E-state index in [0.29, 0.717) is 18.8 Å². The average molecular weight is 562 g/mol. The molecule has 1 amide bonds. The van der Waals surface area contributed by atoms with Crippen molar-refractivity contribution in [3.8, 4) is 0 Å². The molecule has 39 heavy (non-hydrogen) atoms. The topological polar surface area (TPSA) is 166 Å². The molecule has 0 radical (unpaired) electrons. The van der Waals surface area contributed by atoms with Gasteiger partial charge in [-0.25, -0.2) is 14.6 Å². The number of carbonyl (C=O) groups excluding carboxylic acids is 1. The van der Waals surface area contributed by atoms with Gasteiger partial charge in [0.2, 0.25) is 12.1 Å². The van der Waals surface area contributed by atoms with E-state index < -0.39 is 67.4 Å². The van der Waals surface area contributed by atoms with E-state index >= 15 is 0 Å². The molecule has 1 spiro atoms. The van der Waals surface area contributed by atoms with E-state index in [-0.39, 0.29) is 31.0 Å². The first-order chi connectivity index (χ1) is 18.5. The van der Waals surface area contributed by atoms with Gasteiger partial charge in [-0.05, 0) is 44.4 Å². The van der Waals surface area contributed by atoms with Crippen LogP contribution in [0.3, 0.4) is 0 Å².